The third-order valence-corrected chi connectivity index (χ3v) is 5.09. The molecule has 0 saturated heterocycles. The van der Waals surface area contributed by atoms with E-state index in [2.05, 4.69) is 25.3 Å². The molecule has 0 bridgehead atoms. The molecule has 1 aliphatic rings. The summed E-state index contributed by atoms with van der Waals surface area (Å²) in [5.74, 6) is 1.07. The van der Waals surface area contributed by atoms with Gasteiger partial charge in [-0.2, -0.15) is 0 Å². The quantitative estimate of drug-likeness (QED) is 0.702. The molecule has 1 aromatic rings. The molecule has 0 saturated carbocycles. The maximum atomic E-state index is 11.8. The Morgan fingerprint density at radius 2 is 1.90 bits per heavy atom. The number of aryl methyl sites for hydroxylation is 1. The molecular weight excluding hydrogens is 320 g/mol. The molecular formula is C10H17ClN6OS2. The van der Waals surface area contributed by atoms with Gasteiger partial charge in [-0.15, -0.1) is 29.3 Å². The SMILES string of the molecule is CN1C=CN(C)C1SCC(=O)CSc1nnnn1C.Cl. The lowest BCUT2D eigenvalue weighted by Crippen LogP contribution is -2.31. The molecule has 0 spiro atoms. The summed E-state index contributed by atoms with van der Waals surface area (Å²) in [7, 11) is 5.76. The van der Waals surface area contributed by atoms with Crippen LogP contribution in [0.4, 0.5) is 0 Å². The summed E-state index contributed by atoms with van der Waals surface area (Å²) in [6, 6.07) is 0. The predicted octanol–water partition coefficient (Wildman–Crippen LogP) is 0.658. The van der Waals surface area contributed by atoms with Crippen LogP contribution in [0.5, 0.6) is 0 Å². The molecule has 10 heteroatoms. The second-order valence-electron chi connectivity index (χ2n) is 4.18. The molecule has 1 aromatic heterocycles. The van der Waals surface area contributed by atoms with Crippen LogP contribution in [0.25, 0.3) is 0 Å². The number of carbonyl (C=O) groups excluding carboxylic acids is 1. The number of carbonyl (C=O) groups is 1. The summed E-state index contributed by atoms with van der Waals surface area (Å²) in [4.78, 5) is 16.0. The normalized spacial score (nSPS) is 14.8. The zero-order chi connectivity index (χ0) is 13.8. The second-order valence-corrected chi connectivity index (χ2v) is 6.16. The van der Waals surface area contributed by atoms with Crippen LogP contribution < -0.4 is 0 Å². The first-order chi connectivity index (χ1) is 9.08. The molecule has 0 atom stereocenters. The molecule has 0 N–H and O–H groups in total. The topological polar surface area (TPSA) is 67.2 Å². The number of hydrogen-bond acceptors (Lipinski definition) is 8. The summed E-state index contributed by atoms with van der Waals surface area (Å²) in [6.07, 6.45) is 4.00. The standard InChI is InChI=1S/C10H16N6OS2.ClH/c1-14-4-5-15(2)10(14)19-7-8(17)6-18-9-11-12-13-16(9)3;/h4-5,10H,6-7H2,1-3H3;1H. The molecule has 2 heterocycles. The van der Waals surface area contributed by atoms with Gasteiger partial charge in [0, 0.05) is 33.5 Å². The van der Waals surface area contributed by atoms with Crippen molar-refractivity contribution in [3.8, 4) is 0 Å². The number of halogens is 1. The molecule has 7 nitrogen and oxygen atoms in total. The molecule has 0 unspecified atom stereocenters. The number of Topliss-reactive ketones (excluding diaryl/α,β-unsaturated/α-hetero) is 1. The van der Waals surface area contributed by atoms with Crippen molar-refractivity contribution in [1.29, 1.82) is 0 Å². The van der Waals surface area contributed by atoms with E-state index < -0.39 is 0 Å². The van der Waals surface area contributed by atoms with Gasteiger partial charge < -0.3 is 9.80 Å². The van der Waals surface area contributed by atoms with Gasteiger partial charge in [0.15, 0.2) is 5.78 Å². The van der Waals surface area contributed by atoms with Gasteiger partial charge in [-0.3, -0.25) is 4.79 Å². The maximum absolute atomic E-state index is 11.8. The van der Waals surface area contributed by atoms with Gasteiger partial charge in [-0.05, 0) is 10.4 Å². The van der Waals surface area contributed by atoms with Crippen molar-refractivity contribution in [3.63, 3.8) is 0 Å². The van der Waals surface area contributed by atoms with Crippen LogP contribution in [0.1, 0.15) is 0 Å². The fraction of sp³-hybridized carbons (Fsp3) is 0.600. The van der Waals surface area contributed by atoms with Crippen LogP contribution in [0.3, 0.4) is 0 Å². The van der Waals surface area contributed by atoms with Gasteiger partial charge in [0.1, 0.15) is 5.50 Å². The monoisotopic (exact) mass is 336 g/mol. The van der Waals surface area contributed by atoms with E-state index in [0.717, 1.165) is 0 Å². The minimum absolute atomic E-state index is 0. The summed E-state index contributed by atoms with van der Waals surface area (Å²) >= 11 is 2.98. The van der Waals surface area contributed by atoms with E-state index in [9.17, 15) is 4.79 Å². The fourth-order valence-electron chi connectivity index (χ4n) is 1.58. The molecule has 0 amide bonds. The van der Waals surface area contributed by atoms with Crippen LogP contribution >= 0.6 is 35.9 Å². The maximum Gasteiger partial charge on any atom is 0.209 e. The van der Waals surface area contributed by atoms with Gasteiger partial charge in [0.05, 0.1) is 11.5 Å². The first-order valence-electron chi connectivity index (χ1n) is 5.68. The lowest BCUT2D eigenvalue weighted by molar-refractivity contribution is -0.114. The van der Waals surface area contributed by atoms with Crippen LogP contribution in [-0.4, -0.2) is 66.9 Å². The third kappa shape index (κ3) is 4.29. The van der Waals surface area contributed by atoms with E-state index in [1.54, 1.807) is 23.5 Å². The lowest BCUT2D eigenvalue weighted by atomic mass is 10.5. The Balaban J connectivity index is 0.00000200. The van der Waals surface area contributed by atoms with E-state index in [4.69, 9.17) is 0 Å². The summed E-state index contributed by atoms with van der Waals surface area (Å²) in [5, 5.41) is 11.7. The molecule has 1 aliphatic heterocycles. The van der Waals surface area contributed by atoms with E-state index in [1.807, 2.05) is 26.5 Å². The van der Waals surface area contributed by atoms with Gasteiger partial charge in [0.2, 0.25) is 5.16 Å². The van der Waals surface area contributed by atoms with Crippen molar-refractivity contribution in [2.24, 2.45) is 7.05 Å². The Morgan fingerprint density at radius 3 is 2.45 bits per heavy atom. The highest BCUT2D eigenvalue weighted by molar-refractivity contribution is 8.01. The number of thioether (sulfide) groups is 2. The molecule has 112 valence electrons. The first-order valence-corrected chi connectivity index (χ1v) is 7.72. The summed E-state index contributed by atoms with van der Waals surface area (Å²) in [5.41, 5.74) is 0.199. The Kier molecular flexibility index (Phi) is 6.63. The second kappa shape index (κ2) is 7.75. The fourth-order valence-corrected chi connectivity index (χ4v) is 3.46. The van der Waals surface area contributed by atoms with Crippen LogP contribution in [0.15, 0.2) is 17.6 Å². The number of nitrogens with zero attached hydrogens (tertiary/aromatic N) is 6. The van der Waals surface area contributed by atoms with Gasteiger partial charge >= 0.3 is 0 Å². The summed E-state index contributed by atoms with van der Waals surface area (Å²) < 4.78 is 1.56. The predicted molar refractivity (Wildman–Crippen MR) is 82.7 cm³/mol. The Labute approximate surface area is 132 Å². The zero-order valence-electron chi connectivity index (χ0n) is 11.5. The first kappa shape index (κ1) is 17.1. The third-order valence-electron chi connectivity index (χ3n) is 2.57. The molecule has 0 aliphatic carbocycles. The highest BCUT2D eigenvalue weighted by Crippen LogP contribution is 2.23. The molecule has 2 rings (SSSR count). The van der Waals surface area contributed by atoms with Gasteiger partial charge in [-0.1, -0.05) is 11.8 Å². The van der Waals surface area contributed by atoms with E-state index in [-0.39, 0.29) is 23.7 Å². The lowest BCUT2D eigenvalue weighted by Gasteiger charge is -2.26. The number of ketones is 1. The highest BCUT2D eigenvalue weighted by atomic mass is 35.5. The minimum Gasteiger partial charge on any atom is -0.351 e. The number of aromatic nitrogens is 4. The number of rotatable bonds is 6. The Hall–Kier alpha value is -0.930. The molecule has 0 aromatic carbocycles. The average molecular weight is 337 g/mol. The van der Waals surface area contributed by atoms with Crippen molar-refractivity contribution in [2.45, 2.75) is 10.7 Å². The van der Waals surface area contributed by atoms with Crippen LogP contribution in [0.2, 0.25) is 0 Å². The van der Waals surface area contributed by atoms with Gasteiger partial charge in [-0.25, -0.2) is 4.68 Å². The largest absolute Gasteiger partial charge is 0.351 e. The Morgan fingerprint density at radius 1 is 1.25 bits per heavy atom. The zero-order valence-corrected chi connectivity index (χ0v) is 13.9. The van der Waals surface area contributed by atoms with Crippen molar-refractivity contribution in [2.75, 3.05) is 25.6 Å². The van der Waals surface area contributed by atoms with Crippen molar-refractivity contribution < 1.29 is 4.79 Å². The van der Waals surface area contributed by atoms with Crippen LogP contribution in [-0.2, 0) is 11.8 Å². The average Bonchev–Trinajstić information content (AvgIpc) is 2.92. The number of tetrazole rings is 1. The summed E-state index contributed by atoms with van der Waals surface area (Å²) in [6.45, 7) is 0. The van der Waals surface area contributed by atoms with Crippen molar-refractivity contribution in [1.82, 2.24) is 30.0 Å². The highest BCUT2D eigenvalue weighted by Gasteiger charge is 2.21. The van der Waals surface area contributed by atoms with E-state index in [1.165, 1.54) is 11.8 Å². The van der Waals surface area contributed by atoms with Crippen molar-refractivity contribution in [3.05, 3.63) is 12.4 Å². The van der Waals surface area contributed by atoms with Crippen LogP contribution in [0, 0.1) is 0 Å². The molecule has 20 heavy (non-hydrogen) atoms. The van der Waals surface area contributed by atoms with Gasteiger partial charge in [0.25, 0.3) is 0 Å². The van der Waals surface area contributed by atoms with Crippen molar-refractivity contribution >= 4 is 41.7 Å². The van der Waals surface area contributed by atoms with E-state index in [0.29, 0.717) is 16.7 Å². The smallest absolute Gasteiger partial charge is 0.209 e. The Bertz CT molecular complexity index is 470. The minimum atomic E-state index is 0. The number of hydrogen-bond donors (Lipinski definition) is 0. The molecule has 0 fully saturated rings. The molecule has 0 radical (unpaired) electrons. The van der Waals surface area contributed by atoms with E-state index >= 15 is 0 Å².